The Bertz CT molecular complexity index is 320. The largest absolute Gasteiger partial charge is 0.466 e. The lowest BCUT2D eigenvalue weighted by Crippen LogP contribution is -2.42. The highest BCUT2D eigenvalue weighted by Crippen LogP contribution is 2.44. The smallest absolute Gasteiger partial charge is 0.403 e. The molecule has 0 aromatic rings. The number of hydrogen-bond acceptors (Lipinski definition) is 5. The molecule has 0 fully saturated rings. The minimum Gasteiger partial charge on any atom is -0.466 e. The summed E-state index contributed by atoms with van der Waals surface area (Å²) >= 11 is 0.333. The van der Waals surface area contributed by atoms with Crippen molar-refractivity contribution in [2.24, 2.45) is 0 Å². The minimum absolute atomic E-state index is 0.00924. The van der Waals surface area contributed by atoms with Crippen molar-refractivity contribution in [3.05, 3.63) is 0 Å². The van der Waals surface area contributed by atoms with E-state index in [1.54, 1.807) is 6.92 Å². The van der Waals surface area contributed by atoms with E-state index in [-0.39, 0.29) is 13.2 Å². The molecule has 0 aliphatic carbocycles. The Hall–Kier alpha value is -0.920. The van der Waals surface area contributed by atoms with Crippen molar-refractivity contribution in [3.8, 4) is 0 Å². The summed E-state index contributed by atoms with van der Waals surface area (Å²) in [6, 6.07) is 0. The average molecular weight is 302 g/mol. The standard InChI is InChI=1S/C11H17F3O4S/c1-4-17-8(15)6-10(3,11(12,13)14)19-7-9(16)18-5-2/h4-7H2,1-3H3. The summed E-state index contributed by atoms with van der Waals surface area (Å²) in [7, 11) is 0. The number of rotatable bonds is 7. The second-order valence-corrected chi connectivity index (χ2v) is 5.28. The third kappa shape index (κ3) is 6.17. The van der Waals surface area contributed by atoms with Crippen LogP contribution in [0.3, 0.4) is 0 Å². The second kappa shape index (κ2) is 7.62. The Morgan fingerprint density at radius 2 is 1.53 bits per heavy atom. The van der Waals surface area contributed by atoms with Gasteiger partial charge >= 0.3 is 18.1 Å². The molecule has 19 heavy (non-hydrogen) atoms. The maximum absolute atomic E-state index is 13.0. The highest BCUT2D eigenvalue weighted by atomic mass is 32.2. The lowest BCUT2D eigenvalue weighted by Gasteiger charge is -2.30. The number of carbonyl (C=O) groups is 2. The molecular formula is C11H17F3O4S. The molecule has 0 radical (unpaired) electrons. The predicted octanol–water partition coefficient (Wildman–Crippen LogP) is 2.56. The summed E-state index contributed by atoms with van der Waals surface area (Å²) in [5, 5.41) is 0. The molecule has 0 rings (SSSR count). The van der Waals surface area contributed by atoms with Gasteiger partial charge in [0.15, 0.2) is 0 Å². The van der Waals surface area contributed by atoms with E-state index in [0.29, 0.717) is 11.8 Å². The van der Waals surface area contributed by atoms with Crippen LogP contribution in [0.5, 0.6) is 0 Å². The molecule has 0 heterocycles. The van der Waals surface area contributed by atoms with E-state index in [9.17, 15) is 22.8 Å². The Kier molecular flexibility index (Phi) is 7.25. The molecule has 4 nitrogen and oxygen atoms in total. The lowest BCUT2D eigenvalue weighted by molar-refractivity contribution is -0.169. The fourth-order valence-corrected chi connectivity index (χ4v) is 2.04. The molecule has 0 amide bonds. The molecule has 8 heteroatoms. The van der Waals surface area contributed by atoms with Crippen LogP contribution >= 0.6 is 11.8 Å². The number of alkyl halides is 3. The SMILES string of the molecule is CCOC(=O)CSC(C)(CC(=O)OCC)C(F)(F)F. The first kappa shape index (κ1) is 18.1. The fourth-order valence-electron chi connectivity index (χ4n) is 1.14. The molecule has 0 aromatic carbocycles. The van der Waals surface area contributed by atoms with Gasteiger partial charge in [-0.05, 0) is 20.8 Å². The molecule has 0 saturated heterocycles. The number of halogens is 3. The van der Waals surface area contributed by atoms with Crippen LogP contribution in [0, 0.1) is 0 Å². The highest BCUT2D eigenvalue weighted by molar-refractivity contribution is 8.01. The quantitative estimate of drug-likeness (QED) is 0.677. The summed E-state index contributed by atoms with van der Waals surface area (Å²) in [6.07, 6.45) is -5.47. The molecule has 1 atom stereocenters. The fraction of sp³-hybridized carbons (Fsp3) is 0.818. The van der Waals surface area contributed by atoms with Crippen LogP contribution in [0.15, 0.2) is 0 Å². The highest BCUT2D eigenvalue weighted by Gasteiger charge is 2.53. The molecule has 0 saturated carbocycles. The van der Waals surface area contributed by atoms with Crippen molar-refractivity contribution in [2.45, 2.75) is 38.1 Å². The third-order valence-corrected chi connectivity index (χ3v) is 3.59. The zero-order chi connectivity index (χ0) is 15.1. The summed E-state index contributed by atoms with van der Waals surface area (Å²) in [5.41, 5.74) is 0. The summed E-state index contributed by atoms with van der Waals surface area (Å²) < 4.78 is 45.6. The van der Waals surface area contributed by atoms with Crippen LogP contribution in [0.1, 0.15) is 27.2 Å². The number of thioether (sulfide) groups is 1. The first-order chi connectivity index (χ1) is 8.66. The van der Waals surface area contributed by atoms with Crippen molar-refractivity contribution in [1.82, 2.24) is 0 Å². The molecule has 0 N–H and O–H groups in total. The van der Waals surface area contributed by atoms with Crippen molar-refractivity contribution in [2.75, 3.05) is 19.0 Å². The van der Waals surface area contributed by atoms with E-state index in [2.05, 4.69) is 9.47 Å². The maximum Gasteiger partial charge on any atom is 0.403 e. The topological polar surface area (TPSA) is 52.6 Å². The first-order valence-corrected chi connectivity index (χ1v) is 6.66. The van der Waals surface area contributed by atoms with E-state index in [1.807, 2.05) is 0 Å². The van der Waals surface area contributed by atoms with Crippen molar-refractivity contribution in [3.63, 3.8) is 0 Å². The number of hydrogen-bond donors (Lipinski definition) is 0. The van der Waals surface area contributed by atoms with Gasteiger partial charge in [-0.25, -0.2) is 0 Å². The van der Waals surface area contributed by atoms with E-state index in [1.165, 1.54) is 6.92 Å². The second-order valence-electron chi connectivity index (χ2n) is 3.80. The van der Waals surface area contributed by atoms with E-state index in [4.69, 9.17) is 0 Å². The number of esters is 2. The number of ether oxygens (including phenoxy) is 2. The molecule has 0 aliphatic heterocycles. The molecule has 0 spiro atoms. The predicted molar refractivity (Wildman–Crippen MR) is 64.8 cm³/mol. The van der Waals surface area contributed by atoms with Gasteiger partial charge in [-0.3, -0.25) is 9.59 Å². The van der Waals surface area contributed by atoms with Crippen LogP contribution < -0.4 is 0 Å². The van der Waals surface area contributed by atoms with Crippen molar-refractivity contribution in [1.29, 1.82) is 0 Å². The van der Waals surface area contributed by atoms with Gasteiger partial charge in [-0.15, -0.1) is 11.8 Å². The van der Waals surface area contributed by atoms with E-state index in [0.717, 1.165) is 6.92 Å². The monoisotopic (exact) mass is 302 g/mol. The van der Waals surface area contributed by atoms with Gasteiger partial charge in [0.25, 0.3) is 0 Å². The summed E-state index contributed by atoms with van der Waals surface area (Å²) in [5.74, 6) is -2.16. The van der Waals surface area contributed by atoms with Gasteiger partial charge in [-0.1, -0.05) is 0 Å². The van der Waals surface area contributed by atoms with Crippen LogP contribution in [-0.4, -0.2) is 41.8 Å². The van der Waals surface area contributed by atoms with Gasteiger partial charge in [-0.2, -0.15) is 13.2 Å². The zero-order valence-electron chi connectivity index (χ0n) is 11.0. The van der Waals surface area contributed by atoms with Crippen molar-refractivity contribution >= 4 is 23.7 Å². The lowest BCUT2D eigenvalue weighted by atomic mass is 10.1. The Morgan fingerprint density at radius 1 is 1.05 bits per heavy atom. The van der Waals surface area contributed by atoms with Gasteiger partial charge in [0.1, 0.15) is 4.75 Å². The van der Waals surface area contributed by atoms with Crippen molar-refractivity contribution < 1.29 is 32.2 Å². The molecule has 112 valence electrons. The van der Waals surface area contributed by atoms with Gasteiger partial charge in [0.05, 0.1) is 25.4 Å². The van der Waals surface area contributed by atoms with Crippen LogP contribution in [0.2, 0.25) is 0 Å². The molecule has 1 unspecified atom stereocenters. The van der Waals surface area contributed by atoms with Crippen LogP contribution in [0.4, 0.5) is 13.2 Å². The summed E-state index contributed by atoms with van der Waals surface area (Å²) in [6.45, 7) is 4.04. The minimum atomic E-state index is -4.63. The maximum atomic E-state index is 13.0. The normalized spacial score (nSPS) is 14.6. The Morgan fingerprint density at radius 3 is 1.95 bits per heavy atom. The zero-order valence-corrected chi connectivity index (χ0v) is 11.8. The van der Waals surface area contributed by atoms with Gasteiger partial charge < -0.3 is 9.47 Å². The van der Waals surface area contributed by atoms with E-state index >= 15 is 0 Å². The van der Waals surface area contributed by atoms with Crippen LogP contribution in [0.25, 0.3) is 0 Å². The molecule has 0 aliphatic rings. The van der Waals surface area contributed by atoms with Crippen LogP contribution in [-0.2, 0) is 19.1 Å². The third-order valence-electron chi connectivity index (χ3n) is 2.20. The molecule has 0 aromatic heterocycles. The summed E-state index contributed by atoms with van der Waals surface area (Å²) in [4.78, 5) is 22.3. The Balaban J connectivity index is 4.70. The number of carbonyl (C=O) groups excluding carboxylic acids is 2. The molecular weight excluding hydrogens is 285 g/mol. The average Bonchev–Trinajstić information content (AvgIpc) is 2.25. The van der Waals surface area contributed by atoms with E-state index < -0.39 is 35.0 Å². The first-order valence-electron chi connectivity index (χ1n) is 5.68. The Labute approximate surface area is 114 Å². The molecule has 0 bridgehead atoms. The van der Waals surface area contributed by atoms with Gasteiger partial charge in [0.2, 0.25) is 0 Å². The van der Waals surface area contributed by atoms with Gasteiger partial charge in [0, 0.05) is 0 Å².